The molecule has 0 unspecified atom stereocenters. The fraction of sp³-hybridized carbons (Fsp3) is 0. The molecular formula is C6H5ClNaO. The van der Waals surface area contributed by atoms with Crippen molar-refractivity contribution in [3.63, 3.8) is 0 Å². The second kappa shape index (κ2) is 4.18. The van der Waals surface area contributed by atoms with E-state index < -0.39 is 0 Å². The quantitative estimate of drug-likeness (QED) is 0.560. The summed E-state index contributed by atoms with van der Waals surface area (Å²) < 4.78 is 0. The van der Waals surface area contributed by atoms with Crippen LogP contribution in [0.4, 0.5) is 0 Å². The molecule has 1 nitrogen and oxygen atoms in total. The summed E-state index contributed by atoms with van der Waals surface area (Å²) in [6.45, 7) is 0. The van der Waals surface area contributed by atoms with E-state index >= 15 is 0 Å². The summed E-state index contributed by atoms with van der Waals surface area (Å²) in [6, 6.07) is 6.46. The molecule has 3 heteroatoms. The van der Waals surface area contributed by atoms with Crippen LogP contribution < -0.4 is 0 Å². The molecule has 0 aliphatic carbocycles. The van der Waals surface area contributed by atoms with Crippen LogP contribution in [0.3, 0.4) is 0 Å². The third-order valence-corrected chi connectivity index (χ3v) is 1.04. The van der Waals surface area contributed by atoms with Gasteiger partial charge in [0.25, 0.3) is 0 Å². The summed E-state index contributed by atoms with van der Waals surface area (Å²) in [4.78, 5) is 0. The minimum Gasteiger partial charge on any atom is -0.508 e. The molecule has 1 N–H and O–H groups in total. The van der Waals surface area contributed by atoms with Crippen LogP contribution in [-0.2, 0) is 0 Å². The Balaban J connectivity index is 0.000000640. The number of phenols is 1. The summed E-state index contributed by atoms with van der Waals surface area (Å²) in [5.74, 6) is 0.206. The van der Waals surface area contributed by atoms with Gasteiger partial charge in [0.15, 0.2) is 0 Å². The molecule has 0 aliphatic heterocycles. The van der Waals surface area contributed by atoms with E-state index in [2.05, 4.69) is 0 Å². The van der Waals surface area contributed by atoms with Crippen molar-refractivity contribution in [1.82, 2.24) is 0 Å². The third kappa shape index (κ3) is 3.11. The number of halogens is 1. The number of hydrogen-bond acceptors (Lipinski definition) is 1. The molecule has 0 aliphatic rings. The molecule has 43 valence electrons. The average molecular weight is 152 g/mol. The van der Waals surface area contributed by atoms with Crippen LogP contribution in [-0.4, -0.2) is 34.7 Å². The van der Waals surface area contributed by atoms with Gasteiger partial charge in [0.05, 0.1) is 0 Å². The normalized spacial score (nSPS) is 8.11. The van der Waals surface area contributed by atoms with Gasteiger partial charge in [-0.1, -0.05) is 17.7 Å². The molecule has 0 bridgehead atoms. The molecule has 1 aromatic rings. The summed E-state index contributed by atoms with van der Waals surface area (Å²) in [7, 11) is 0. The molecule has 0 aromatic heterocycles. The van der Waals surface area contributed by atoms with Crippen LogP contribution in [0.15, 0.2) is 24.3 Å². The second-order valence-electron chi connectivity index (χ2n) is 1.48. The smallest absolute Gasteiger partial charge is 0.117 e. The first-order valence-electron chi connectivity index (χ1n) is 2.23. The van der Waals surface area contributed by atoms with E-state index in [1.807, 2.05) is 0 Å². The van der Waals surface area contributed by atoms with Gasteiger partial charge in [-0.2, -0.15) is 0 Å². The average Bonchev–Trinajstić information content (AvgIpc) is 1.64. The van der Waals surface area contributed by atoms with Gasteiger partial charge < -0.3 is 5.11 Å². The molecule has 0 spiro atoms. The first kappa shape index (κ1) is 9.31. The fourth-order valence-electron chi connectivity index (χ4n) is 0.476. The van der Waals surface area contributed by atoms with Gasteiger partial charge >= 0.3 is 0 Å². The molecule has 1 radical (unpaired) electrons. The summed E-state index contributed by atoms with van der Waals surface area (Å²) in [5.41, 5.74) is 0. The maximum absolute atomic E-state index is 8.73. The molecule has 0 saturated heterocycles. The van der Waals surface area contributed by atoms with Crippen molar-refractivity contribution >= 4 is 41.2 Å². The molecule has 9 heavy (non-hydrogen) atoms. The first-order chi connectivity index (χ1) is 3.79. The molecule has 0 saturated carbocycles. The van der Waals surface area contributed by atoms with Crippen molar-refractivity contribution in [1.29, 1.82) is 0 Å². The van der Waals surface area contributed by atoms with Crippen LogP contribution in [0.2, 0.25) is 5.02 Å². The van der Waals surface area contributed by atoms with Crippen LogP contribution in [0.5, 0.6) is 5.75 Å². The Kier molecular flexibility index (Phi) is 4.32. The van der Waals surface area contributed by atoms with Crippen LogP contribution in [0.1, 0.15) is 0 Å². The maximum Gasteiger partial charge on any atom is 0.117 e. The third-order valence-electron chi connectivity index (χ3n) is 0.808. The standard InChI is InChI=1S/C6H5ClO.Na/c7-5-2-1-3-6(8)4-5;/h1-4,8H;. The SMILES string of the molecule is Oc1cccc(Cl)c1.[Na]. The predicted molar refractivity (Wildman–Crippen MR) is 38.9 cm³/mol. The van der Waals surface area contributed by atoms with E-state index in [1.54, 1.807) is 18.2 Å². The van der Waals surface area contributed by atoms with Gasteiger partial charge in [-0.25, -0.2) is 0 Å². The van der Waals surface area contributed by atoms with E-state index in [-0.39, 0.29) is 35.3 Å². The number of aromatic hydroxyl groups is 1. The van der Waals surface area contributed by atoms with Crippen molar-refractivity contribution in [2.45, 2.75) is 0 Å². The largest absolute Gasteiger partial charge is 0.508 e. The summed E-state index contributed by atoms with van der Waals surface area (Å²) in [6.07, 6.45) is 0. The minimum atomic E-state index is 0. The number of rotatable bonds is 0. The topological polar surface area (TPSA) is 20.2 Å². The van der Waals surface area contributed by atoms with Crippen LogP contribution in [0, 0.1) is 0 Å². The Morgan fingerprint density at radius 3 is 2.33 bits per heavy atom. The predicted octanol–water partition coefficient (Wildman–Crippen LogP) is 1.66. The Bertz CT molecular complexity index is 173. The Morgan fingerprint density at radius 1 is 1.33 bits per heavy atom. The van der Waals surface area contributed by atoms with Crippen molar-refractivity contribution in [2.24, 2.45) is 0 Å². The second-order valence-corrected chi connectivity index (χ2v) is 1.92. The van der Waals surface area contributed by atoms with E-state index in [0.29, 0.717) is 5.02 Å². The van der Waals surface area contributed by atoms with Crippen molar-refractivity contribution in [2.75, 3.05) is 0 Å². The van der Waals surface area contributed by atoms with E-state index in [1.165, 1.54) is 6.07 Å². The zero-order chi connectivity index (χ0) is 5.98. The fourth-order valence-corrected chi connectivity index (χ4v) is 0.661. The van der Waals surface area contributed by atoms with E-state index in [0.717, 1.165) is 0 Å². The molecule has 0 fully saturated rings. The van der Waals surface area contributed by atoms with Crippen molar-refractivity contribution in [3.8, 4) is 5.75 Å². The van der Waals surface area contributed by atoms with Crippen molar-refractivity contribution < 1.29 is 5.11 Å². The summed E-state index contributed by atoms with van der Waals surface area (Å²) in [5, 5.41) is 9.29. The van der Waals surface area contributed by atoms with Crippen molar-refractivity contribution in [3.05, 3.63) is 29.3 Å². The van der Waals surface area contributed by atoms with Gasteiger partial charge in [0, 0.05) is 34.6 Å². The van der Waals surface area contributed by atoms with Gasteiger partial charge in [0.1, 0.15) is 5.75 Å². The molecular weight excluding hydrogens is 147 g/mol. The zero-order valence-corrected chi connectivity index (χ0v) is 7.89. The molecule has 0 heterocycles. The number of phenolic OH excluding ortho intramolecular Hbond substituents is 1. The monoisotopic (exact) mass is 151 g/mol. The molecule has 1 aromatic carbocycles. The van der Waals surface area contributed by atoms with Crippen LogP contribution >= 0.6 is 11.6 Å². The van der Waals surface area contributed by atoms with Gasteiger partial charge in [-0.05, 0) is 18.2 Å². The van der Waals surface area contributed by atoms with E-state index in [9.17, 15) is 0 Å². The van der Waals surface area contributed by atoms with Gasteiger partial charge in [0.2, 0.25) is 0 Å². The maximum atomic E-state index is 8.73. The minimum absolute atomic E-state index is 0. The van der Waals surface area contributed by atoms with Gasteiger partial charge in [-0.15, -0.1) is 0 Å². The van der Waals surface area contributed by atoms with Gasteiger partial charge in [-0.3, -0.25) is 0 Å². The number of hydrogen-bond donors (Lipinski definition) is 1. The first-order valence-corrected chi connectivity index (χ1v) is 2.61. The zero-order valence-electron chi connectivity index (χ0n) is 5.13. The Labute approximate surface area is 80.9 Å². The number of benzene rings is 1. The van der Waals surface area contributed by atoms with Crippen LogP contribution in [0.25, 0.3) is 0 Å². The van der Waals surface area contributed by atoms with E-state index in [4.69, 9.17) is 16.7 Å². The molecule has 0 atom stereocenters. The summed E-state index contributed by atoms with van der Waals surface area (Å²) >= 11 is 5.48. The molecule has 0 amide bonds. The Hall–Kier alpha value is 0.310. The Morgan fingerprint density at radius 2 is 2.00 bits per heavy atom. The molecule has 1 rings (SSSR count).